The fraction of sp³-hybridized carbons (Fsp3) is 0.364. The summed E-state index contributed by atoms with van der Waals surface area (Å²) in [5.74, 6) is -0.654. The summed E-state index contributed by atoms with van der Waals surface area (Å²) in [5, 5.41) is 9.47. The Bertz CT molecular complexity index is 644. The Morgan fingerprint density at radius 1 is 1.52 bits per heavy atom. The first-order valence-electron chi connectivity index (χ1n) is 5.74. The summed E-state index contributed by atoms with van der Waals surface area (Å²) in [6, 6.07) is 0.670. The second-order valence-electron chi connectivity index (χ2n) is 4.39. The first-order chi connectivity index (χ1) is 9.70. The average Bonchev–Trinajstić information content (AvgIpc) is 2.99. The molecule has 0 radical (unpaired) electrons. The summed E-state index contributed by atoms with van der Waals surface area (Å²) < 4.78 is 38.8. The third-order valence-corrected chi connectivity index (χ3v) is 3.16. The SMILES string of the molecule is CN(Cc1c(Cl)cnn1C)C(=O)c1cc(C(F)(F)F)[nH]n1. The molecule has 2 aromatic rings. The van der Waals surface area contributed by atoms with E-state index in [1.54, 1.807) is 12.1 Å². The van der Waals surface area contributed by atoms with Crippen molar-refractivity contribution in [2.75, 3.05) is 7.05 Å². The van der Waals surface area contributed by atoms with Gasteiger partial charge in [0.25, 0.3) is 5.91 Å². The normalized spacial score (nSPS) is 11.7. The number of aromatic nitrogens is 4. The van der Waals surface area contributed by atoms with Crippen molar-refractivity contribution in [1.29, 1.82) is 0 Å². The quantitative estimate of drug-likeness (QED) is 0.941. The van der Waals surface area contributed by atoms with Crippen molar-refractivity contribution in [3.05, 3.63) is 34.4 Å². The minimum atomic E-state index is -4.57. The van der Waals surface area contributed by atoms with Gasteiger partial charge in [-0.3, -0.25) is 14.6 Å². The second kappa shape index (κ2) is 5.40. The first kappa shape index (κ1) is 15.4. The number of amides is 1. The highest BCUT2D eigenvalue weighted by molar-refractivity contribution is 6.31. The summed E-state index contributed by atoms with van der Waals surface area (Å²) in [5.41, 5.74) is -0.819. The molecule has 0 spiro atoms. The molecule has 0 aliphatic rings. The smallest absolute Gasteiger partial charge is 0.334 e. The second-order valence-corrected chi connectivity index (χ2v) is 4.80. The predicted molar refractivity (Wildman–Crippen MR) is 67.6 cm³/mol. The molecule has 1 amide bonds. The molecule has 0 bridgehead atoms. The monoisotopic (exact) mass is 321 g/mol. The number of aromatic amines is 1. The van der Waals surface area contributed by atoms with Crippen LogP contribution in [0, 0.1) is 0 Å². The Hall–Kier alpha value is -2.03. The number of nitrogens with zero attached hydrogens (tertiary/aromatic N) is 4. The Balaban J connectivity index is 2.15. The van der Waals surface area contributed by atoms with E-state index in [9.17, 15) is 18.0 Å². The fourth-order valence-electron chi connectivity index (χ4n) is 1.68. The standard InChI is InChI=1S/C11H11ClF3N5O/c1-19(5-8-6(12)4-16-20(8)2)10(21)7-3-9(18-17-7)11(13,14)15/h3-4H,5H2,1-2H3,(H,17,18). The molecule has 0 unspecified atom stereocenters. The van der Waals surface area contributed by atoms with Gasteiger partial charge in [0.1, 0.15) is 5.69 Å². The lowest BCUT2D eigenvalue weighted by molar-refractivity contribution is -0.141. The van der Waals surface area contributed by atoms with Crippen LogP contribution < -0.4 is 0 Å². The Morgan fingerprint density at radius 2 is 2.19 bits per heavy atom. The van der Waals surface area contributed by atoms with Crippen molar-refractivity contribution in [3.63, 3.8) is 0 Å². The third-order valence-electron chi connectivity index (χ3n) is 2.85. The van der Waals surface area contributed by atoms with Crippen LogP contribution in [0.25, 0.3) is 0 Å². The minimum absolute atomic E-state index is 0.0996. The van der Waals surface area contributed by atoms with Gasteiger partial charge in [-0.25, -0.2) is 0 Å². The molecule has 0 saturated carbocycles. The van der Waals surface area contributed by atoms with E-state index in [-0.39, 0.29) is 12.2 Å². The maximum absolute atomic E-state index is 12.5. The van der Waals surface area contributed by atoms with Gasteiger partial charge in [-0.2, -0.15) is 23.4 Å². The molecule has 0 aliphatic heterocycles. The number of hydrogen-bond acceptors (Lipinski definition) is 3. The maximum atomic E-state index is 12.5. The highest BCUT2D eigenvalue weighted by atomic mass is 35.5. The Labute approximate surface area is 122 Å². The third kappa shape index (κ3) is 3.18. The van der Waals surface area contributed by atoms with Crippen molar-refractivity contribution >= 4 is 17.5 Å². The number of rotatable bonds is 3. The van der Waals surface area contributed by atoms with Gasteiger partial charge in [-0.05, 0) is 0 Å². The number of H-pyrrole nitrogens is 1. The van der Waals surface area contributed by atoms with Crippen molar-refractivity contribution < 1.29 is 18.0 Å². The van der Waals surface area contributed by atoms with Crippen LogP contribution in [-0.2, 0) is 19.8 Å². The van der Waals surface area contributed by atoms with E-state index >= 15 is 0 Å². The van der Waals surface area contributed by atoms with Crippen LogP contribution in [0.5, 0.6) is 0 Å². The van der Waals surface area contributed by atoms with E-state index in [1.807, 2.05) is 0 Å². The maximum Gasteiger partial charge on any atom is 0.432 e. The van der Waals surface area contributed by atoms with E-state index in [4.69, 9.17) is 11.6 Å². The Morgan fingerprint density at radius 3 is 2.67 bits per heavy atom. The van der Waals surface area contributed by atoms with Gasteiger partial charge >= 0.3 is 6.18 Å². The summed E-state index contributed by atoms with van der Waals surface area (Å²) in [7, 11) is 3.09. The van der Waals surface area contributed by atoms with Crippen molar-refractivity contribution in [3.8, 4) is 0 Å². The molecule has 2 heterocycles. The van der Waals surface area contributed by atoms with Gasteiger partial charge in [0.05, 0.1) is 23.5 Å². The molecular formula is C11H11ClF3N5O. The molecule has 0 atom stereocenters. The molecule has 21 heavy (non-hydrogen) atoms. The molecule has 0 fully saturated rings. The number of carbonyl (C=O) groups excluding carboxylic acids is 1. The predicted octanol–water partition coefficient (Wildman–Crippen LogP) is 2.09. The van der Waals surface area contributed by atoms with Crippen LogP contribution in [0.4, 0.5) is 13.2 Å². The van der Waals surface area contributed by atoms with Crippen molar-refractivity contribution in [1.82, 2.24) is 24.9 Å². The van der Waals surface area contributed by atoms with Gasteiger partial charge in [-0.1, -0.05) is 11.6 Å². The van der Waals surface area contributed by atoms with Gasteiger partial charge < -0.3 is 4.90 Å². The van der Waals surface area contributed by atoms with E-state index in [0.717, 1.165) is 0 Å². The topological polar surface area (TPSA) is 66.8 Å². The first-order valence-corrected chi connectivity index (χ1v) is 6.12. The summed E-state index contributed by atoms with van der Waals surface area (Å²) in [6.45, 7) is 0.0996. The highest BCUT2D eigenvalue weighted by Crippen LogP contribution is 2.28. The number of hydrogen-bond donors (Lipinski definition) is 1. The van der Waals surface area contributed by atoms with Crippen LogP contribution in [0.2, 0.25) is 5.02 Å². The van der Waals surface area contributed by atoms with Crippen LogP contribution in [-0.4, -0.2) is 37.8 Å². The number of carbonyl (C=O) groups is 1. The van der Waals surface area contributed by atoms with Crippen LogP contribution >= 0.6 is 11.6 Å². The van der Waals surface area contributed by atoms with Gasteiger partial charge in [0.15, 0.2) is 5.69 Å². The van der Waals surface area contributed by atoms with Crippen molar-refractivity contribution in [2.24, 2.45) is 7.05 Å². The molecule has 0 aliphatic carbocycles. The zero-order chi connectivity index (χ0) is 15.8. The molecular weight excluding hydrogens is 311 g/mol. The highest BCUT2D eigenvalue weighted by Gasteiger charge is 2.34. The van der Waals surface area contributed by atoms with Crippen LogP contribution in [0.15, 0.2) is 12.3 Å². The zero-order valence-electron chi connectivity index (χ0n) is 11.1. The fourth-order valence-corrected chi connectivity index (χ4v) is 1.91. The van der Waals surface area contributed by atoms with E-state index in [1.165, 1.54) is 22.8 Å². The van der Waals surface area contributed by atoms with E-state index < -0.39 is 17.8 Å². The van der Waals surface area contributed by atoms with Gasteiger partial charge in [0.2, 0.25) is 0 Å². The number of aryl methyl sites for hydroxylation is 1. The lowest BCUT2D eigenvalue weighted by atomic mass is 10.3. The largest absolute Gasteiger partial charge is 0.432 e. The lowest BCUT2D eigenvalue weighted by Gasteiger charge is -2.16. The van der Waals surface area contributed by atoms with Crippen molar-refractivity contribution in [2.45, 2.75) is 12.7 Å². The molecule has 114 valence electrons. The van der Waals surface area contributed by atoms with E-state index in [0.29, 0.717) is 16.8 Å². The molecule has 10 heteroatoms. The summed E-state index contributed by atoms with van der Waals surface area (Å²) in [4.78, 5) is 13.2. The zero-order valence-corrected chi connectivity index (χ0v) is 11.8. The van der Waals surface area contributed by atoms with Crippen LogP contribution in [0.3, 0.4) is 0 Å². The number of nitrogens with one attached hydrogen (secondary N) is 1. The van der Waals surface area contributed by atoms with Crippen LogP contribution in [0.1, 0.15) is 21.9 Å². The molecule has 2 rings (SSSR count). The average molecular weight is 322 g/mol. The molecule has 0 aromatic carbocycles. The van der Waals surface area contributed by atoms with Gasteiger partial charge in [0, 0.05) is 20.2 Å². The lowest BCUT2D eigenvalue weighted by Crippen LogP contribution is -2.27. The summed E-state index contributed by atoms with van der Waals surface area (Å²) >= 11 is 5.91. The van der Waals surface area contributed by atoms with E-state index in [2.05, 4.69) is 10.2 Å². The Kier molecular flexibility index (Phi) is 3.95. The number of alkyl halides is 3. The number of halogens is 4. The molecule has 0 saturated heterocycles. The molecule has 6 nitrogen and oxygen atoms in total. The minimum Gasteiger partial charge on any atom is -0.334 e. The molecule has 1 N–H and O–H groups in total. The molecule has 2 aromatic heterocycles. The summed E-state index contributed by atoms with van der Waals surface area (Å²) in [6.07, 6.45) is -3.15. The van der Waals surface area contributed by atoms with Gasteiger partial charge in [-0.15, -0.1) is 0 Å².